The SMILES string of the molecule is CCOc1ccc(-c2cc(C(=O)Nc3nnc(CC)s3)c3ccccc3n2)cc1. The highest BCUT2D eigenvalue weighted by Crippen LogP contribution is 2.27. The Morgan fingerprint density at radius 2 is 1.86 bits per heavy atom. The maximum atomic E-state index is 13.0. The number of hydrogen-bond acceptors (Lipinski definition) is 6. The second-order valence-corrected chi connectivity index (χ2v) is 7.40. The lowest BCUT2D eigenvalue weighted by molar-refractivity contribution is 0.102. The number of anilines is 1. The zero-order chi connectivity index (χ0) is 20.2. The van der Waals surface area contributed by atoms with E-state index in [2.05, 4.69) is 15.5 Å². The fourth-order valence-electron chi connectivity index (χ4n) is 3.01. The third-order valence-corrected chi connectivity index (χ3v) is 5.39. The van der Waals surface area contributed by atoms with Crippen LogP contribution in [-0.4, -0.2) is 27.7 Å². The van der Waals surface area contributed by atoms with E-state index in [4.69, 9.17) is 9.72 Å². The van der Waals surface area contributed by atoms with Crippen molar-refractivity contribution in [3.05, 3.63) is 65.2 Å². The smallest absolute Gasteiger partial charge is 0.258 e. The molecule has 0 spiro atoms. The minimum Gasteiger partial charge on any atom is -0.494 e. The molecule has 4 rings (SSSR count). The van der Waals surface area contributed by atoms with Gasteiger partial charge in [0.05, 0.1) is 23.4 Å². The quantitative estimate of drug-likeness (QED) is 0.491. The molecule has 1 amide bonds. The summed E-state index contributed by atoms with van der Waals surface area (Å²) in [5, 5.41) is 13.1. The summed E-state index contributed by atoms with van der Waals surface area (Å²) in [5.41, 5.74) is 2.95. The molecule has 146 valence electrons. The van der Waals surface area contributed by atoms with Gasteiger partial charge in [0.15, 0.2) is 0 Å². The molecule has 0 bridgehead atoms. The molecule has 0 saturated carbocycles. The van der Waals surface area contributed by atoms with Crippen LogP contribution in [-0.2, 0) is 6.42 Å². The fourth-order valence-corrected chi connectivity index (χ4v) is 3.69. The third kappa shape index (κ3) is 4.09. The number of nitrogens with zero attached hydrogens (tertiary/aromatic N) is 3. The van der Waals surface area contributed by atoms with E-state index >= 15 is 0 Å². The molecule has 0 aliphatic heterocycles. The monoisotopic (exact) mass is 404 g/mol. The van der Waals surface area contributed by atoms with Crippen molar-refractivity contribution in [2.24, 2.45) is 0 Å². The zero-order valence-corrected chi connectivity index (χ0v) is 17.0. The molecule has 2 heterocycles. The van der Waals surface area contributed by atoms with E-state index in [1.54, 1.807) is 0 Å². The minimum absolute atomic E-state index is 0.227. The van der Waals surface area contributed by atoms with Gasteiger partial charge in [0.25, 0.3) is 5.91 Å². The van der Waals surface area contributed by atoms with E-state index in [0.29, 0.717) is 17.3 Å². The Labute approximate surface area is 172 Å². The van der Waals surface area contributed by atoms with Gasteiger partial charge in [-0.2, -0.15) is 0 Å². The topological polar surface area (TPSA) is 77.0 Å². The number of carbonyl (C=O) groups excluding carboxylic acids is 1. The van der Waals surface area contributed by atoms with Crippen LogP contribution in [0.1, 0.15) is 29.2 Å². The number of pyridine rings is 1. The maximum absolute atomic E-state index is 13.0. The highest BCUT2D eigenvalue weighted by atomic mass is 32.1. The summed E-state index contributed by atoms with van der Waals surface area (Å²) in [7, 11) is 0. The zero-order valence-electron chi connectivity index (χ0n) is 16.2. The summed E-state index contributed by atoms with van der Waals surface area (Å²) in [5.74, 6) is 0.576. The second-order valence-electron chi connectivity index (χ2n) is 6.34. The van der Waals surface area contributed by atoms with Gasteiger partial charge >= 0.3 is 0 Å². The Bertz CT molecular complexity index is 1160. The van der Waals surface area contributed by atoms with Crippen LogP contribution >= 0.6 is 11.3 Å². The van der Waals surface area contributed by atoms with Crippen LogP contribution in [0.25, 0.3) is 22.2 Å². The molecule has 0 atom stereocenters. The first kappa shape index (κ1) is 19.0. The molecule has 0 fully saturated rings. The van der Waals surface area contributed by atoms with Gasteiger partial charge in [-0.3, -0.25) is 10.1 Å². The predicted molar refractivity (Wildman–Crippen MR) is 116 cm³/mol. The van der Waals surface area contributed by atoms with E-state index < -0.39 is 0 Å². The van der Waals surface area contributed by atoms with E-state index in [0.717, 1.165) is 39.3 Å². The average molecular weight is 404 g/mol. The van der Waals surface area contributed by atoms with E-state index in [1.165, 1.54) is 11.3 Å². The summed E-state index contributed by atoms with van der Waals surface area (Å²) < 4.78 is 5.51. The molecule has 2 aromatic carbocycles. The Hall–Kier alpha value is -3.32. The second kappa shape index (κ2) is 8.36. The van der Waals surface area contributed by atoms with Crippen LogP contribution in [0.2, 0.25) is 0 Å². The Kier molecular flexibility index (Phi) is 5.48. The Morgan fingerprint density at radius 1 is 1.07 bits per heavy atom. The largest absolute Gasteiger partial charge is 0.494 e. The normalized spacial score (nSPS) is 10.8. The number of rotatable bonds is 6. The van der Waals surface area contributed by atoms with E-state index in [1.807, 2.05) is 68.4 Å². The lowest BCUT2D eigenvalue weighted by Gasteiger charge is -2.10. The van der Waals surface area contributed by atoms with E-state index in [-0.39, 0.29) is 5.91 Å². The van der Waals surface area contributed by atoms with Crippen molar-refractivity contribution in [2.75, 3.05) is 11.9 Å². The van der Waals surface area contributed by atoms with Crippen LogP contribution in [0.15, 0.2) is 54.6 Å². The van der Waals surface area contributed by atoms with Gasteiger partial charge in [-0.1, -0.05) is 36.5 Å². The first-order valence-electron chi connectivity index (χ1n) is 9.44. The first-order chi connectivity index (χ1) is 14.2. The standard InChI is InChI=1S/C22H20N4O2S/c1-3-20-25-26-22(29-20)24-21(27)17-13-19(23-18-8-6-5-7-16(17)18)14-9-11-15(12-10-14)28-4-2/h5-13H,3-4H2,1-2H3,(H,24,26,27). The van der Waals surface area contributed by atoms with Crippen molar-refractivity contribution in [2.45, 2.75) is 20.3 Å². The number of nitrogens with one attached hydrogen (secondary N) is 1. The van der Waals surface area contributed by atoms with Crippen molar-refractivity contribution >= 4 is 33.3 Å². The molecule has 0 radical (unpaired) electrons. The molecular formula is C22H20N4O2S. The summed E-state index contributed by atoms with van der Waals surface area (Å²) in [4.78, 5) is 17.8. The average Bonchev–Trinajstić information content (AvgIpc) is 3.21. The van der Waals surface area contributed by atoms with Crippen LogP contribution in [0.5, 0.6) is 5.75 Å². The van der Waals surface area contributed by atoms with Gasteiger partial charge in [-0.25, -0.2) is 4.98 Å². The van der Waals surface area contributed by atoms with Crippen LogP contribution in [0, 0.1) is 0 Å². The highest BCUT2D eigenvalue weighted by molar-refractivity contribution is 7.15. The van der Waals surface area contributed by atoms with Crippen LogP contribution in [0.3, 0.4) is 0 Å². The molecule has 0 saturated heterocycles. The first-order valence-corrected chi connectivity index (χ1v) is 10.3. The number of carbonyl (C=O) groups is 1. The summed E-state index contributed by atoms with van der Waals surface area (Å²) >= 11 is 1.38. The predicted octanol–water partition coefficient (Wildman–Crippen LogP) is 4.97. The maximum Gasteiger partial charge on any atom is 0.258 e. The number of fused-ring (bicyclic) bond motifs is 1. The number of aromatic nitrogens is 3. The Morgan fingerprint density at radius 3 is 2.59 bits per heavy atom. The number of amides is 1. The van der Waals surface area contributed by atoms with Crippen molar-refractivity contribution < 1.29 is 9.53 Å². The van der Waals surface area contributed by atoms with Crippen LogP contribution < -0.4 is 10.1 Å². The molecule has 6 nitrogen and oxygen atoms in total. The van der Waals surface area contributed by atoms with Crippen molar-refractivity contribution in [1.29, 1.82) is 0 Å². The van der Waals surface area contributed by atoms with Gasteiger partial charge < -0.3 is 4.74 Å². The fraction of sp³-hybridized carbons (Fsp3) is 0.182. The van der Waals surface area contributed by atoms with E-state index in [9.17, 15) is 4.79 Å². The number of hydrogen-bond donors (Lipinski definition) is 1. The minimum atomic E-state index is -0.227. The Balaban J connectivity index is 1.73. The molecule has 1 N–H and O–H groups in total. The van der Waals surface area contributed by atoms with Crippen LogP contribution in [0.4, 0.5) is 5.13 Å². The number of aryl methyl sites for hydroxylation is 1. The molecule has 2 aromatic heterocycles. The molecule has 0 aliphatic carbocycles. The molecule has 0 aliphatic rings. The third-order valence-electron chi connectivity index (χ3n) is 4.41. The van der Waals surface area contributed by atoms with Gasteiger partial charge in [0.1, 0.15) is 10.8 Å². The van der Waals surface area contributed by atoms with Gasteiger partial charge in [0, 0.05) is 10.9 Å². The number of para-hydroxylation sites is 1. The highest BCUT2D eigenvalue weighted by Gasteiger charge is 2.16. The van der Waals surface area contributed by atoms with Gasteiger partial charge in [-0.15, -0.1) is 10.2 Å². The molecular weight excluding hydrogens is 384 g/mol. The number of ether oxygens (including phenoxy) is 1. The summed E-state index contributed by atoms with van der Waals surface area (Å²) in [6.45, 7) is 4.57. The molecule has 4 aromatic rings. The molecule has 0 unspecified atom stereocenters. The molecule has 7 heteroatoms. The van der Waals surface area contributed by atoms with Crippen molar-refractivity contribution in [3.8, 4) is 17.0 Å². The summed E-state index contributed by atoms with van der Waals surface area (Å²) in [6.07, 6.45) is 0.785. The lowest BCUT2D eigenvalue weighted by atomic mass is 10.0. The van der Waals surface area contributed by atoms with Gasteiger partial charge in [-0.05, 0) is 49.7 Å². The van der Waals surface area contributed by atoms with Crippen molar-refractivity contribution in [3.63, 3.8) is 0 Å². The van der Waals surface area contributed by atoms with Gasteiger partial charge in [0.2, 0.25) is 5.13 Å². The number of benzene rings is 2. The lowest BCUT2D eigenvalue weighted by Crippen LogP contribution is -2.13. The summed E-state index contributed by atoms with van der Waals surface area (Å²) in [6, 6.07) is 17.1. The van der Waals surface area contributed by atoms with Crippen molar-refractivity contribution in [1.82, 2.24) is 15.2 Å². The molecule has 29 heavy (non-hydrogen) atoms.